The van der Waals surface area contributed by atoms with E-state index in [1.165, 1.54) is 0 Å². The van der Waals surface area contributed by atoms with Gasteiger partial charge < -0.3 is 10.1 Å². The molecule has 0 aliphatic carbocycles. The van der Waals surface area contributed by atoms with E-state index < -0.39 is 29.1 Å². The SMILES string of the molecule is COC(=O)c1c(F)cc(C(=O)Nc2cc(C(C)(C)C)cc(C(C)(C)C)c2)cc1F. The largest absolute Gasteiger partial charge is 0.465 e. The molecule has 0 fully saturated rings. The van der Waals surface area contributed by atoms with Crippen molar-refractivity contribution in [1.29, 1.82) is 0 Å². The number of carbonyl (C=O) groups excluding carboxylic acids is 2. The van der Waals surface area contributed by atoms with E-state index >= 15 is 0 Å². The van der Waals surface area contributed by atoms with Gasteiger partial charge in [-0.15, -0.1) is 0 Å². The third-order valence-corrected chi connectivity index (χ3v) is 4.62. The van der Waals surface area contributed by atoms with Crippen LogP contribution in [0.2, 0.25) is 0 Å². The molecular formula is C23H27F2NO3. The predicted octanol–water partition coefficient (Wildman–Crippen LogP) is 5.60. The molecule has 1 N–H and O–H groups in total. The minimum absolute atomic E-state index is 0.152. The van der Waals surface area contributed by atoms with Gasteiger partial charge in [0.15, 0.2) is 0 Å². The second-order valence-electron chi connectivity index (χ2n) is 9.06. The zero-order chi connectivity index (χ0) is 22.1. The van der Waals surface area contributed by atoms with Gasteiger partial charge in [0.05, 0.1) is 7.11 Å². The maximum atomic E-state index is 14.2. The van der Waals surface area contributed by atoms with E-state index in [0.29, 0.717) is 5.69 Å². The minimum Gasteiger partial charge on any atom is -0.465 e. The topological polar surface area (TPSA) is 55.4 Å². The molecule has 0 atom stereocenters. The lowest BCUT2D eigenvalue weighted by Gasteiger charge is -2.26. The number of anilines is 1. The van der Waals surface area contributed by atoms with Crippen molar-refractivity contribution in [2.45, 2.75) is 52.4 Å². The molecule has 0 radical (unpaired) electrons. The zero-order valence-electron chi connectivity index (χ0n) is 17.9. The smallest absolute Gasteiger partial charge is 0.343 e. The number of halogens is 2. The summed E-state index contributed by atoms with van der Waals surface area (Å²) in [5.74, 6) is -4.12. The minimum atomic E-state index is -1.15. The highest BCUT2D eigenvalue weighted by molar-refractivity contribution is 6.05. The molecule has 6 heteroatoms. The summed E-state index contributed by atoms with van der Waals surface area (Å²) in [6.45, 7) is 12.4. The van der Waals surface area contributed by atoms with E-state index in [9.17, 15) is 18.4 Å². The average molecular weight is 403 g/mol. The number of ether oxygens (including phenoxy) is 1. The van der Waals surface area contributed by atoms with Crippen LogP contribution in [0.4, 0.5) is 14.5 Å². The number of methoxy groups -OCH3 is 1. The normalized spacial score (nSPS) is 11.9. The molecular weight excluding hydrogens is 376 g/mol. The molecule has 0 unspecified atom stereocenters. The summed E-state index contributed by atoms with van der Waals surface area (Å²) >= 11 is 0. The number of nitrogens with one attached hydrogen (secondary N) is 1. The first-order chi connectivity index (χ1) is 13.2. The summed E-state index contributed by atoms with van der Waals surface area (Å²) in [7, 11) is 1.02. The summed E-state index contributed by atoms with van der Waals surface area (Å²) in [5, 5.41) is 2.71. The Labute approximate surface area is 170 Å². The first kappa shape index (κ1) is 22.5. The maximum absolute atomic E-state index is 14.2. The summed E-state index contributed by atoms with van der Waals surface area (Å²) in [6.07, 6.45) is 0. The van der Waals surface area contributed by atoms with Gasteiger partial charge in [-0.25, -0.2) is 13.6 Å². The second-order valence-corrected chi connectivity index (χ2v) is 9.06. The highest BCUT2D eigenvalue weighted by atomic mass is 19.1. The van der Waals surface area contributed by atoms with Gasteiger partial charge in [-0.05, 0) is 46.2 Å². The number of hydrogen-bond donors (Lipinski definition) is 1. The van der Waals surface area contributed by atoms with Gasteiger partial charge in [-0.3, -0.25) is 4.79 Å². The monoisotopic (exact) mass is 403 g/mol. The molecule has 2 aromatic carbocycles. The van der Waals surface area contributed by atoms with Crippen LogP contribution in [0.5, 0.6) is 0 Å². The molecule has 0 saturated heterocycles. The third-order valence-electron chi connectivity index (χ3n) is 4.62. The number of benzene rings is 2. The Hall–Kier alpha value is -2.76. The van der Waals surface area contributed by atoms with E-state index in [-0.39, 0.29) is 16.4 Å². The third kappa shape index (κ3) is 5.19. The first-order valence-corrected chi connectivity index (χ1v) is 9.29. The summed E-state index contributed by atoms with van der Waals surface area (Å²) in [4.78, 5) is 24.1. The molecule has 2 rings (SSSR count). The molecule has 0 aromatic heterocycles. The van der Waals surface area contributed by atoms with E-state index in [0.717, 1.165) is 30.4 Å². The van der Waals surface area contributed by atoms with Crippen LogP contribution in [0.3, 0.4) is 0 Å². The molecule has 0 saturated carbocycles. The van der Waals surface area contributed by atoms with Crippen LogP contribution in [-0.4, -0.2) is 19.0 Å². The van der Waals surface area contributed by atoms with Crippen molar-refractivity contribution in [3.05, 3.63) is 64.2 Å². The van der Waals surface area contributed by atoms with Gasteiger partial charge in [0.1, 0.15) is 17.2 Å². The fraction of sp³-hybridized carbons (Fsp3) is 0.391. The lowest BCUT2D eigenvalue weighted by Crippen LogP contribution is -2.19. The zero-order valence-corrected chi connectivity index (χ0v) is 17.9. The Bertz CT molecular complexity index is 898. The molecule has 0 spiro atoms. The van der Waals surface area contributed by atoms with Crippen LogP contribution in [0.15, 0.2) is 30.3 Å². The number of hydrogen-bond acceptors (Lipinski definition) is 3. The van der Waals surface area contributed by atoms with Crippen LogP contribution in [0, 0.1) is 11.6 Å². The molecule has 0 aliphatic heterocycles. The maximum Gasteiger partial charge on any atom is 0.343 e. The summed E-state index contributed by atoms with van der Waals surface area (Å²) in [6, 6.07) is 7.44. The number of amides is 1. The molecule has 1 amide bonds. The molecule has 0 bridgehead atoms. The van der Waals surface area contributed by atoms with Crippen LogP contribution in [0.1, 0.15) is 73.4 Å². The summed E-state index contributed by atoms with van der Waals surface area (Å²) in [5.41, 5.74) is 1.23. The molecule has 4 nitrogen and oxygen atoms in total. The molecule has 0 aliphatic rings. The van der Waals surface area contributed by atoms with Crippen LogP contribution < -0.4 is 5.32 Å². The molecule has 156 valence electrons. The predicted molar refractivity (Wildman–Crippen MR) is 109 cm³/mol. The van der Waals surface area contributed by atoms with Gasteiger partial charge in [0, 0.05) is 11.3 Å². The van der Waals surface area contributed by atoms with Crippen LogP contribution in [0.25, 0.3) is 0 Å². The van der Waals surface area contributed by atoms with Crippen molar-refractivity contribution < 1.29 is 23.1 Å². The molecule has 2 aromatic rings. The van der Waals surface area contributed by atoms with Crippen LogP contribution >= 0.6 is 0 Å². The van der Waals surface area contributed by atoms with E-state index in [2.05, 4.69) is 57.7 Å². The molecule has 29 heavy (non-hydrogen) atoms. The van der Waals surface area contributed by atoms with Gasteiger partial charge in [0.2, 0.25) is 0 Å². The fourth-order valence-electron chi connectivity index (χ4n) is 2.77. The lowest BCUT2D eigenvalue weighted by atomic mass is 9.80. The van der Waals surface area contributed by atoms with Crippen molar-refractivity contribution in [1.82, 2.24) is 0 Å². The fourth-order valence-corrected chi connectivity index (χ4v) is 2.77. The van der Waals surface area contributed by atoms with Gasteiger partial charge in [0.25, 0.3) is 5.91 Å². The van der Waals surface area contributed by atoms with Crippen molar-refractivity contribution in [3.8, 4) is 0 Å². The van der Waals surface area contributed by atoms with Crippen LogP contribution in [-0.2, 0) is 15.6 Å². The van der Waals surface area contributed by atoms with Crippen molar-refractivity contribution in [3.63, 3.8) is 0 Å². The number of rotatable bonds is 3. The Morgan fingerprint density at radius 2 is 1.28 bits per heavy atom. The Kier molecular flexibility index (Phi) is 6.16. The number of esters is 1. The Morgan fingerprint density at radius 1 is 0.828 bits per heavy atom. The quantitative estimate of drug-likeness (QED) is 0.679. The van der Waals surface area contributed by atoms with E-state index in [1.807, 2.05) is 12.1 Å². The van der Waals surface area contributed by atoms with Gasteiger partial charge >= 0.3 is 5.97 Å². The van der Waals surface area contributed by atoms with Crippen molar-refractivity contribution >= 4 is 17.6 Å². The molecule has 0 heterocycles. The average Bonchev–Trinajstić information content (AvgIpc) is 2.59. The van der Waals surface area contributed by atoms with Crippen molar-refractivity contribution in [2.75, 3.05) is 12.4 Å². The van der Waals surface area contributed by atoms with Gasteiger partial charge in [-0.2, -0.15) is 0 Å². The van der Waals surface area contributed by atoms with Gasteiger partial charge in [-0.1, -0.05) is 47.6 Å². The number of carbonyl (C=O) groups is 2. The lowest BCUT2D eigenvalue weighted by molar-refractivity contribution is 0.0589. The van der Waals surface area contributed by atoms with Crippen molar-refractivity contribution in [2.24, 2.45) is 0 Å². The summed E-state index contributed by atoms with van der Waals surface area (Å²) < 4.78 is 32.7. The Balaban J connectivity index is 2.44. The first-order valence-electron chi connectivity index (χ1n) is 9.29. The van der Waals surface area contributed by atoms with E-state index in [1.54, 1.807) is 0 Å². The van der Waals surface area contributed by atoms with E-state index in [4.69, 9.17) is 0 Å². The standard InChI is InChI=1S/C23H27F2NO3/c1-22(2,3)14-10-15(23(4,5)6)12-16(11-14)26-20(27)13-8-17(24)19(18(25)9-13)21(28)29-7/h8-12H,1-7H3,(H,26,27). The second kappa shape index (κ2) is 7.93. The highest BCUT2D eigenvalue weighted by Crippen LogP contribution is 2.32. The highest BCUT2D eigenvalue weighted by Gasteiger charge is 2.23. The Morgan fingerprint density at radius 3 is 1.66 bits per heavy atom.